The molecule has 8 nitrogen and oxygen atoms in total. The fourth-order valence-corrected chi connectivity index (χ4v) is 4.01. The second-order valence-electron chi connectivity index (χ2n) is 7.89. The molecule has 168 valence electrons. The molecule has 0 radical (unpaired) electrons. The number of aliphatic hydroxyl groups is 1. The molecule has 1 unspecified atom stereocenters. The Morgan fingerprint density at radius 1 is 1.06 bits per heavy atom. The highest BCUT2D eigenvalue weighted by atomic mass is 19.1. The minimum atomic E-state index is -1.13. The van der Waals surface area contributed by atoms with Crippen LogP contribution in [0.15, 0.2) is 59.7 Å². The van der Waals surface area contributed by atoms with Gasteiger partial charge in [-0.1, -0.05) is 6.07 Å². The molecule has 0 saturated carbocycles. The molecule has 5 rings (SSSR count). The van der Waals surface area contributed by atoms with Crippen molar-refractivity contribution in [2.24, 2.45) is 7.05 Å². The summed E-state index contributed by atoms with van der Waals surface area (Å²) < 4.78 is 21.5. The number of aliphatic hydroxyl groups excluding tert-OH is 1. The first-order chi connectivity index (χ1) is 16.0. The number of hydrogen-bond acceptors (Lipinski definition) is 7. The zero-order valence-electron chi connectivity index (χ0n) is 18.0. The highest BCUT2D eigenvalue weighted by molar-refractivity contribution is 5.94. The summed E-state index contributed by atoms with van der Waals surface area (Å²) >= 11 is 0. The molecule has 0 spiro atoms. The van der Waals surface area contributed by atoms with Gasteiger partial charge in [0.05, 0.1) is 30.1 Å². The topological polar surface area (TPSA) is 93.4 Å². The molecule has 1 atom stereocenters. The van der Waals surface area contributed by atoms with Crippen LogP contribution in [0.25, 0.3) is 22.2 Å². The third kappa shape index (κ3) is 4.08. The molecule has 0 aliphatic carbocycles. The smallest absolute Gasteiger partial charge is 0.266 e. The predicted octanol–water partition coefficient (Wildman–Crippen LogP) is 2.45. The molecule has 1 N–H and O–H groups in total. The zero-order valence-corrected chi connectivity index (χ0v) is 18.0. The average Bonchev–Trinajstić information content (AvgIpc) is 2.85. The number of halogens is 1. The molecule has 1 aliphatic rings. The first-order valence-corrected chi connectivity index (χ1v) is 10.6. The standard InChI is InChI=1S/C24H22FN5O3/c1-29-22(31)7-6-20(28-29)24(32)15-2-5-19(25)18(12-15)23-17-4-3-16(13-21(17)26-14-27-23)30-8-10-33-11-9-30/h2-7,12-14,24,32H,8-11H2,1H3. The third-order valence-corrected chi connectivity index (χ3v) is 5.82. The van der Waals surface area contributed by atoms with E-state index in [2.05, 4.69) is 20.0 Å². The SMILES string of the molecule is Cn1nc(C(O)c2ccc(F)c(-c3ncnc4cc(N5CCOCC5)ccc34)c2)ccc1=O. The van der Waals surface area contributed by atoms with E-state index in [4.69, 9.17) is 4.74 Å². The molecule has 1 saturated heterocycles. The number of ether oxygens (including phenoxy) is 1. The van der Waals surface area contributed by atoms with Crippen LogP contribution in [-0.2, 0) is 11.8 Å². The van der Waals surface area contributed by atoms with E-state index in [0.29, 0.717) is 35.4 Å². The van der Waals surface area contributed by atoms with Crippen molar-refractivity contribution in [1.82, 2.24) is 19.7 Å². The lowest BCUT2D eigenvalue weighted by Gasteiger charge is -2.29. The van der Waals surface area contributed by atoms with Crippen LogP contribution in [0.5, 0.6) is 0 Å². The maximum atomic E-state index is 14.9. The fraction of sp³-hybridized carbons (Fsp3) is 0.250. The Labute approximate surface area is 188 Å². The van der Waals surface area contributed by atoms with Gasteiger partial charge < -0.3 is 14.7 Å². The quantitative estimate of drug-likeness (QED) is 0.514. The van der Waals surface area contributed by atoms with Crippen LogP contribution in [0.2, 0.25) is 0 Å². The lowest BCUT2D eigenvalue weighted by molar-refractivity contribution is 0.122. The van der Waals surface area contributed by atoms with E-state index in [0.717, 1.165) is 23.5 Å². The maximum Gasteiger partial charge on any atom is 0.266 e. The fourth-order valence-electron chi connectivity index (χ4n) is 4.01. The molecule has 3 heterocycles. The number of aryl methyl sites for hydroxylation is 1. The summed E-state index contributed by atoms with van der Waals surface area (Å²) in [4.78, 5) is 22.6. The minimum Gasteiger partial charge on any atom is -0.382 e. The Morgan fingerprint density at radius 3 is 2.67 bits per heavy atom. The molecule has 2 aromatic heterocycles. The summed E-state index contributed by atoms with van der Waals surface area (Å²) in [6, 6.07) is 13.0. The summed E-state index contributed by atoms with van der Waals surface area (Å²) in [5.41, 5.74) is 2.87. The van der Waals surface area contributed by atoms with Gasteiger partial charge in [0.1, 0.15) is 18.2 Å². The Bertz CT molecular complexity index is 1380. The summed E-state index contributed by atoms with van der Waals surface area (Å²) in [6.07, 6.45) is 0.287. The second-order valence-corrected chi connectivity index (χ2v) is 7.89. The number of nitrogens with zero attached hydrogens (tertiary/aromatic N) is 5. The van der Waals surface area contributed by atoms with E-state index in [1.165, 1.54) is 37.6 Å². The molecule has 1 fully saturated rings. The molecule has 9 heteroatoms. The number of anilines is 1. The van der Waals surface area contributed by atoms with Crippen LogP contribution < -0.4 is 10.5 Å². The van der Waals surface area contributed by atoms with Gasteiger partial charge in [0.2, 0.25) is 0 Å². The number of aromatic nitrogens is 4. The Balaban J connectivity index is 1.55. The maximum absolute atomic E-state index is 14.9. The molecule has 1 aliphatic heterocycles. The lowest BCUT2D eigenvalue weighted by atomic mass is 9.99. The molecule has 4 aromatic rings. The van der Waals surface area contributed by atoms with Crippen molar-refractivity contribution >= 4 is 16.6 Å². The van der Waals surface area contributed by atoms with E-state index in [9.17, 15) is 14.3 Å². The first kappa shape index (κ1) is 21.2. The van der Waals surface area contributed by atoms with E-state index in [1.807, 2.05) is 18.2 Å². The Morgan fingerprint density at radius 2 is 1.88 bits per heavy atom. The van der Waals surface area contributed by atoms with Crippen molar-refractivity contribution in [1.29, 1.82) is 0 Å². The zero-order chi connectivity index (χ0) is 22.9. The van der Waals surface area contributed by atoms with Crippen molar-refractivity contribution in [3.8, 4) is 11.3 Å². The van der Waals surface area contributed by atoms with Gasteiger partial charge in [0, 0.05) is 42.8 Å². The van der Waals surface area contributed by atoms with Gasteiger partial charge in [-0.15, -0.1) is 0 Å². The number of fused-ring (bicyclic) bond motifs is 1. The summed E-state index contributed by atoms with van der Waals surface area (Å²) in [5, 5.41) is 15.6. The van der Waals surface area contributed by atoms with Crippen LogP contribution in [0.4, 0.5) is 10.1 Å². The van der Waals surface area contributed by atoms with Gasteiger partial charge in [0.15, 0.2) is 0 Å². The van der Waals surface area contributed by atoms with Crippen molar-refractivity contribution in [3.63, 3.8) is 0 Å². The molecular weight excluding hydrogens is 425 g/mol. The van der Waals surface area contributed by atoms with Crippen molar-refractivity contribution < 1.29 is 14.2 Å². The van der Waals surface area contributed by atoms with Gasteiger partial charge in [-0.2, -0.15) is 5.10 Å². The molecule has 0 bridgehead atoms. The number of rotatable bonds is 4. The second kappa shape index (κ2) is 8.68. The third-order valence-electron chi connectivity index (χ3n) is 5.82. The number of hydrogen-bond donors (Lipinski definition) is 1. The van der Waals surface area contributed by atoms with Crippen LogP contribution >= 0.6 is 0 Å². The lowest BCUT2D eigenvalue weighted by Crippen LogP contribution is -2.36. The average molecular weight is 447 g/mol. The van der Waals surface area contributed by atoms with Gasteiger partial charge in [-0.05, 0) is 42.0 Å². The Kier molecular flexibility index (Phi) is 5.57. The predicted molar refractivity (Wildman–Crippen MR) is 122 cm³/mol. The van der Waals surface area contributed by atoms with Gasteiger partial charge in [-0.3, -0.25) is 4.79 Å². The van der Waals surface area contributed by atoms with Crippen molar-refractivity contribution in [2.45, 2.75) is 6.10 Å². The highest BCUT2D eigenvalue weighted by Crippen LogP contribution is 2.32. The van der Waals surface area contributed by atoms with Gasteiger partial charge >= 0.3 is 0 Å². The van der Waals surface area contributed by atoms with E-state index >= 15 is 0 Å². The van der Waals surface area contributed by atoms with E-state index in [1.54, 1.807) is 6.07 Å². The number of benzene rings is 2. The molecule has 33 heavy (non-hydrogen) atoms. The summed E-state index contributed by atoms with van der Waals surface area (Å²) in [6.45, 7) is 2.96. The highest BCUT2D eigenvalue weighted by Gasteiger charge is 2.19. The molecular formula is C24H22FN5O3. The Hall–Kier alpha value is -3.69. The molecule has 2 aromatic carbocycles. The minimum absolute atomic E-state index is 0.253. The largest absolute Gasteiger partial charge is 0.382 e. The van der Waals surface area contributed by atoms with Gasteiger partial charge in [-0.25, -0.2) is 19.0 Å². The van der Waals surface area contributed by atoms with Crippen molar-refractivity contribution in [2.75, 3.05) is 31.2 Å². The van der Waals surface area contributed by atoms with Crippen LogP contribution in [0.3, 0.4) is 0 Å². The van der Waals surface area contributed by atoms with Gasteiger partial charge in [0.25, 0.3) is 5.56 Å². The van der Waals surface area contributed by atoms with E-state index in [-0.39, 0.29) is 16.8 Å². The van der Waals surface area contributed by atoms with E-state index < -0.39 is 11.9 Å². The van der Waals surface area contributed by atoms with Crippen LogP contribution in [0, 0.1) is 5.82 Å². The van der Waals surface area contributed by atoms with Crippen LogP contribution in [0.1, 0.15) is 17.4 Å². The normalized spacial score (nSPS) is 15.1. The summed E-state index contributed by atoms with van der Waals surface area (Å²) in [5.74, 6) is -0.461. The number of morpholine rings is 1. The summed E-state index contributed by atoms with van der Waals surface area (Å²) in [7, 11) is 1.51. The monoisotopic (exact) mass is 447 g/mol. The van der Waals surface area contributed by atoms with Crippen LogP contribution in [-0.4, -0.2) is 51.2 Å². The van der Waals surface area contributed by atoms with Crippen molar-refractivity contribution in [3.05, 3.63) is 82.3 Å². The molecule has 0 amide bonds. The first-order valence-electron chi connectivity index (χ1n) is 10.6.